The highest BCUT2D eigenvalue weighted by Gasteiger charge is 2.12. The molecule has 0 radical (unpaired) electrons. The fourth-order valence-electron chi connectivity index (χ4n) is 1.75. The Balaban J connectivity index is 2.05. The molecule has 5 nitrogen and oxygen atoms in total. The van der Waals surface area contributed by atoms with Gasteiger partial charge in [-0.1, -0.05) is 12.1 Å². The number of benzene rings is 1. The van der Waals surface area contributed by atoms with Crippen molar-refractivity contribution in [1.82, 2.24) is 5.32 Å². The number of rotatable bonds is 5. The van der Waals surface area contributed by atoms with Gasteiger partial charge in [-0.3, -0.25) is 4.79 Å². The van der Waals surface area contributed by atoms with Crippen molar-refractivity contribution in [1.29, 1.82) is 0 Å². The molecule has 2 aromatic rings. The van der Waals surface area contributed by atoms with Crippen molar-refractivity contribution in [2.75, 3.05) is 25.2 Å². The Morgan fingerprint density at radius 1 is 1.40 bits per heavy atom. The molecule has 0 spiro atoms. The van der Waals surface area contributed by atoms with Crippen LogP contribution in [0, 0.1) is 0 Å². The molecule has 4 N–H and O–H groups in total. The highest BCUT2D eigenvalue weighted by Crippen LogP contribution is 2.29. The summed E-state index contributed by atoms with van der Waals surface area (Å²) in [6.07, 6.45) is 0. The van der Waals surface area contributed by atoms with E-state index in [1.54, 1.807) is 20.2 Å². The first-order valence-corrected chi connectivity index (χ1v) is 6.94. The third-order valence-corrected chi connectivity index (χ3v) is 3.90. The van der Waals surface area contributed by atoms with Gasteiger partial charge in [0, 0.05) is 13.6 Å². The molecule has 0 saturated heterocycles. The Bertz CT molecular complexity index is 610. The van der Waals surface area contributed by atoms with Crippen molar-refractivity contribution < 1.29 is 9.53 Å². The number of carbonyl (C=O) groups excluding carboxylic acids is 1. The second-order valence-electron chi connectivity index (χ2n) is 4.18. The Hall–Kier alpha value is -2.21. The van der Waals surface area contributed by atoms with Crippen LogP contribution in [0.2, 0.25) is 0 Å². The van der Waals surface area contributed by atoms with E-state index < -0.39 is 0 Å². The summed E-state index contributed by atoms with van der Waals surface area (Å²) in [6, 6.07) is 9.58. The van der Waals surface area contributed by atoms with E-state index in [1.807, 2.05) is 24.3 Å². The normalized spacial score (nSPS) is 10.1. The number of nitrogens with one attached hydrogen (secondary N) is 2. The molecule has 1 heterocycles. The van der Waals surface area contributed by atoms with E-state index in [1.165, 1.54) is 11.3 Å². The Kier molecular flexibility index (Phi) is 4.47. The Morgan fingerprint density at radius 3 is 2.90 bits per heavy atom. The van der Waals surface area contributed by atoms with Crippen molar-refractivity contribution in [2.24, 2.45) is 0 Å². The van der Waals surface area contributed by atoms with Crippen LogP contribution in [0.3, 0.4) is 0 Å². The molecule has 6 heteroatoms. The molecule has 0 unspecified atom stereocenters. The number of hydrogen-bond acceptors (Lipinski definition) is 5. The van der Waals surface area contributed by atoms with E-state index in [9.17, 15) is 4.79 Å². The van der Waals surface area contributed by atoms with E-state index in [0.29, 0.717) is 17.1 Å². The third kappa shape index (κ3) is 3.21. The monoisotopic (exact) mass is 291 g/mol. The van der Waals surface area contributed by atoms with Gasteiger partial charge in [-0.15, -0.1) is 11.3 Å². The van der Waals surface area contributed by atoms with E-state index in [4.69, 9.17) is 10.5 Å². The van der Waals surface area contributed by atoms with Crippen LogP contribution in [-0.2, 0) is 6.54 Å². The molecule has 1 amide bonds. The lowest BCUT2D eigenvalue weighted by molar-refractivity contribution is 0.0968. The molecule has 0 aliphatic carbocycles. The first-order chi connectivity index (χ1) is 9.63. The molecule has 1 aromatic heterocycles. The molecule has 0 atom stereocenters. The molecule has 1 aromatic carbocycles. The number of ether oxygens (including phenoxy) is 1. The van der Waals surface area contributed by atoms with Gasteiger partial charge in [0.25, 0.3) is 5.91 Å². The van der Waals surface area contributed by atoms with Crippen molar-refractivity contribution in [3.8, 4) is 5.75 Å². The van der Waals surface area contributed by atoms with Crippen molar-refractivity contribution in [3.63, 3.8) is 0 Å². The van der Waals surface area contributed by atoms with Crippen LogP contribution in [0.15, 0.2) is 30.3 Å². The number of thiophene rings is 1. The summed E-state index contributed by atoms with van der Waals surface area (Å²) in [6.45, 7) is 0.643. The van der Waals surface area contributed by atoms with Gasteiger partial charge in [-0.2, -0.15) is 0 Å². The molecule has 106 valence electrons. The zero-order valence-electron chi connectivity index (χ0n) is 11.4. The van der Waals surface area contributed by atoms with Crippen LogP contribution in [0.5, 0.6) is 5.75 Å². The average molecular weight is 291 g/mol. The van der Waals surface area contributed by atoms with Gasteiger partial charge in [0.1, 0.15) is 10.6 Å². The Labute approximate surface area is 121 Å². The van der Waals surface area contributed by atoms with Gasteiger partial charge in [-0.05, 0) is 23.8 Å². The fourth-order valence-corrected chi connectivity index (χ4v) is 2.68. The largest absolute Gasteiger partial charge is 0.497 e. The highest BCUT2D eigenvalue weighted by molar-refractivity contribution is 7.18. The number of amides is 1. The van der Waals surface area contributed by atoms with E-state index in [-0.39, 0.29) is 5.91 Å². The summed E-state index contributed by atoms with van der Waals surface area (Å²) in [5, 5.41) is 6.69. The second-order valence-corrected chi connectivity index (χ2v) is 5.23. The number of anilines is 2. The summed E-state index contributed by atoms with van der Waals surface area (Å²) in [4.78, 5) is 12.1. The van der Waals surface area contributed by atoms with Crippen LogP contribution in [0.4, 0.5) is 10.7 Å². The Morgan fingerprint density at radius 2 is 2.20 bits per heavy atom. The van der Waals surface area contributed by atoms with Gasteiger partial charge in [0.15, 0.2) is 0 Å². The molecule has 2 rings (SSSR count). The van der Waals surface area contributed by atoms with Gasteiger partial charge < -0.3 is 21.1 Å². The number of hydrogen-bond donors (Lipinski definition) is 3. The van der Waals surface area contributed by atoms with Crippen molar-refractivity contribution in [3.05, 3.63) is 40.8 Å². The summed E-state index contributed by atoms with van der Waals surface area (Å²) in [5.41, 5.74) is 7.41. The molecule has 20 heavy (non-hydrogen) atoms. The topological polar surface area (TPSA) is 76.4 Å². The smallest absolute Gasteiger partial charge is 0.263 e. The van der Waals surface area contributed by atoms with E-state index in [2.05, 4.69) is 10.6 Å². The lowest BCUT2D eigenvalue weighted by Gasteiger charge is -2.05. The zero-order valence-corrected chi connectivity index (χ0v) is 12.2. The van der Waals surface area contributed by atoms with Crippen LogP contribution < -0.4 is 21.1 Å². The standard InChI is InChI=1S/C14H17N3O2S/c1-16-14(18)13-11(15)7-12(20-13)17-8-9-4-3-5-10(6-9)19-2/h3-7,17H,8,15H2,1-2H3,(H,16,18). The lowest BCUT2D eigenvalue weighted by atomic mass is 10.2. The third-order valence-electron chi connectivity index (χ3n) is 2.79. The summed E-state index contributed by atoms with van der Waals surface area (Å²) < 4.78 is 5.18. The highest BCUT2D eigenvalue weighted by atomic mass is 32.1. The molecule has 0 aliphatic heterocycles. The maximum absolute atomic E-state index is 11.6. The SMILES string of the molecule is CNC(=O)c1sc(NCc2cccc(OC)c2)cc1N. The molecular weight excluding hydrogens is 274 g/mol. The van der Waals surface area contributed by atoms with Crippen LogP contribution in [0.25, 0.3) is 0 Å². The first-order valence-electron chi connectivity index (χ1n) is 6.12. The summed E-state index contributed by atoms with van der Waals surface area (Å²) >= 11 is 1.34. The maximum atomic E-state index is 11.6. The second kappa shape index (κ2) is 6.29. The maximum Gasteiger partial charge on any atom is 0.263 e. The zero-order chi connectivity index (χ0) is 14.5. The molecule has 0 fully saturated rings. The van der Waals surface area contributed by atoms with Crippen LogP contribution in [-0.4, -0.2) is 20.1 Å². The minimum atomic E-state index is -0.165. The van der Waals surface area contributed by atoms with Crippen molar-refractivity contribution >= 4 is 27.9 Å². The van der Waals surface area contributed by atoms with E-state index in [0.717, 1.165) is 16.3 Å². The predicted molar refractivity (Wildman–Crippen MR) is 82.4 cm³/mol. The molecule has 0 aliphatic rings. The van der Waals surface area contributed by atoms with Crippen molar-refractivity contribution in [2.45, 2.75) is 6.54 Å². The first kappa shape index (κ1) is 14.2. The average Bonchev–Trinajstić information content (AvgIpc) is 2.85. The van der Waals surface area contributed by atoms with Crippen LogP contribution in [0.1, 0.15) is 15.2 Å². The molecule has 0 saturated carbocycles. The molecular formula is C14H17N3O2S. The predicted octanol–water partition coefficient (Wildman–Crippen LogP) is 2.31. The fraction of sp³-hybridized carbons (Fsp3) is 0.214. The quantitative estimate of drug-likeness (QED) is 0.790. The number of methoxy groups -OCH3 is 1. The number of nitrogens with two attached hydrogens (primary N) is 1. The van der Waals surface area contributed by atoms with E-state index >= 15 is 0 Å². The van der Waals surface area contributed by atoms with Crippen LogP contribution >= 0.6 is 11.3 Å². The minimum absolute atomic E-state index is 0.165. The van der Waals surface area contributed by atoms with Gasteiger partial charge >= 0.3 is 0 Å². The van der Waals surface area contributed by atoms with Gasteiger partial charge in [0.2, 0.25) is 0 Å². The lowest BCUT2D eigenvalue weighted by Crippen LogP contribution is -2.17. The summed E-state index contributed by atoms with van der Waals surface area (Å²) in [7, 11) is 3.23. The van der Waals surface area contributed by atoms with Gasteiger partial charge in [-0.25, -0.2) is 0 Å². The molecule has 0 bridgehead atoms. The minimum Gasteiger partial charge on any atom is -0.497 e. The number of carbonyl (C=O) groups is 1. The van der Waals surface area contributed by atoms with Gasteiger partial charge in [0.05, 0.1) is 17.8 Å². The summed E-state index contributed by atoms with van der Waals surface area (Å²) in [5.74, 6) is 0.656. The number of nitrogen functional groups attached to an aromatic ring is 1.